The zero-order chi connectivity index (χ0) is 0. The SMILES string of the molecule is [Cl-].[Cl-].[Cl-].[Cl-].[Cl-].[Cl-].[Ir].[Na+]. The van der Waals surface area contributed by atoms with Crippen molar-refractivity contribution in [1.29, 1.82) is 0 Å². The fraction of sp³-hybridized carbons (Fsp3) is 0. The van der Waals surface area contributed by atoms with Crippen LogP contribution in [0.25, 0.3) is 0 Å². The fourth-order valence-corrected chi connectivity index (χ4v) is 0. The summed E-state index contributed by atoms with van der Waals surface area (Å²) in [5.74, 6) is 0. The normalized spacial score (nSPS) is 0. The summed E-state index contributed by atoms with van der Waals surface area (Å²) >= 11 is 0. The molecular formula is Cl6IrNa-5. The summed E-state index contributed by atoms with van der Waals surface area (Å²) in [4.78, 5) is 0. The second-order valence-corrected chi connectivity index (χ2v) is 0. The van der Waals surface area contributed by atoms with Crippen LogP contribution < -0.4 is 104 Å². The molecule has 8 heteroatoms. The van der Waals surface area contributed by atoms with Gasteiger partial charge < -0.3 is 74.4 Å². The Morgan fingerprint density at radius 1 is 0.375 bits per heavy atom. The van der Waals surface area contributed by atoms with Crippen molar-refractivity contribution in [3.8, 4) is 0 Å². The number of hydrogen-bond donors (Lipinski definition) is 0. The van der Waals surface area contributed by atoms with Crippen LogP contribution in [-0.2, 0) is 20.1 Å². The van der Waals surface area contributed by atoms with Crippen molar-refractivity contribution in [1.82, 2.24) is 0 Å². The molecular weight excluding hydrogens is 428 g/mol. The summed E-state index contributed by atoms with van der Waals surface area (Å²) in [6, 6.07) is 0. The first kappa shape index (κ1) is 107. The van der Waals surface area contributed by atoms with Gasteiger partial charge in [-0.2, -0.15) is 0 Å². The topological polar surface area (TPSA) is 0 Å². The Balaban J connectivity index is 0. The van der Waals surface area contributed by atoms with E-state index in [0.29, 0.717) is 0 Å². The van der Waals surface area contributed by atoms with Gasteiger partial charge in [-0.15, -0.1) is 0 Å². The van der Waals surface area contributed by atoms with E-state index in [1.54, 1.807) is 0 Å². The molecule has 0 amide bonds. The minimum absolute atomic E-state index is 0. The summed E-state index contributed by atoms with van der Waals surface area (Å²) < 4.78 is 0. The van der Waals surface area contributed by atoms with Crippen molar-refractivity contribution in [2.75, 3.05) is 0 Å². The summed E-state index contributed by atoms with van der Waals surface area (Å²) in [6.45, 7) is 0. The molecule has 0 saturated heterocycles. The average molecular weight is 428 g/mol. The van der Waals surface area contributed by atoms with Gasteiger partial charge in [0.05, 0.1) is 0 Å². The van der Waals surface area contributed by atoms with E-state index in [0.717, 1.165) is 0 Å². The van der Waals surface area contributed by atoms with Crippen molar-refractivity contribution in [3.63, 3.8) is 0 Å². The molecule has 0 N–H and O–H groups in total. The Bertz CT molecular complexity index is 8.49. The van der Waals surface area contributed by atoms with E-state index in [1.807, 2.05) is 0 Å². The van der Waals surface area contributed by atoms with Crippen molar-refractivity contribution >= 4 is 0 Å². The third-order valence-electron chi connectivity index (χ3n) is 0. The Morgan fingerprint density at radius 3 is 0.375 bits per heavy atom. The summed E-state index contributed by atoms with van der Waals surface area (Å²) in [5, 5.41) is 0. The molecule has 0 spiro atoms. The van der Waals surface area contributed by atoms with Crippen LogP contribution in [0.4, 0.5) is 0 Å². The predicted octanol–water partition coefficient (Wildman–Crippen LogP) is -21.0. The van der Waals surface area contributed by atoms with Gasteiger partial charge in [0.25, 0.3) is 0 Å². The van der Waals surface area contributed by atoms with Gasteiger partial charge in [-0.05, 0) is 0 Å². The van der Waals surface area contributed by atoms with Gasteiger partial charge in [0.2, 0.25) is 0 Å². The molecule has 0 aliphatic heterocycles. The van der Waals surface area contributed by atoms with E-state index in [9.17, 15) is 0 Å². The minimum Gasteiger partial charge on any atom is -1.00 e. The third kappa shape index (κ3) is 57.5. The summed E-state index contributed by atoms with van der Waals surface area (Å²) in [6.07, 6.45) is 0. The van der Waals surface area contributed by atoms with Gasteiger partial charge in [-0.25, -0.2) is 0 Å². The Hall–Kier alpha value is 3.39. The smallest absolute Gasteiger partial charge is 1.00 e. The third-order valence-corrected chi connectivity index (χ3v) is 0. The van der Waals surface area contributed by atoms with Crippen LogP contribution >= 0.6 is 0 Å². The van der Waals surface area contributed by atoms with E-state index in [2.05, 4.69) is 0 Å². The molecule has 0 fully saturated rings. The van der Waals surface area contributed by atoms with E-state index in [1.165, 1.54) is 0 Å². The van der Waals surface area contributed by atoms with Crippen LogP contribution in [-0.4, -0.2) is 0 Å². The van der Waals surface area contributed by atoms with E-state index < -0.39 is 0 Å². The number of halogens is 6. The molecule has 0 bridgehead atoms. The Kier molecular flexibility index (Phi) is 1070. The minimum atomic E-state index is 0. The molecule has 0 atom stereocenters. The predicted molar refractivity (Wildman–Crippen MR) is 0 cm³/mol. The Labute approximate surface area is 122 Å². The van der Waals surface area contributed by atoms with Crippen molar-refractivity contribution in [2.24, 2.45) is 0 Å². The molecule has 0 aliphatic carbocycles. The second-order valence-electron chi connectivity index (χ2n) is 0. The molecule has 0 nitrogen and oxygen atoms in total. The second kappa shape index (κ2) is 79.7. The molecule has 0 aromatic heterocycles. The van der Waals surface area contributed by atoms with Gasteiger partial charge in [0.1, 0.15) is 0 Å². The van der Waals surface area contributed by atoms with E-state index in [-0.39, 0.29) is 124 Å². The van der Waals surface area contributed by atoms with Gasteiger partial charge >= 0.3 is 29.6 Å². The fourth-order valence-electron chi connectivity index (χ4n) is 0. The van der Waals surface area contributed by atoms with Crippen LogP contribution in [0.2, 0.25) is 0 Å². The molecule has 8 heavy (non-hydrogen) atoms. The largest absolute Gasteiger partial charge is 1.00 e. The van der Waals surface area contributed by atoms with Gasteiger partial charge in [-0.3, -0.25) is 0 Å². The molecule has 0 rings (SSSR count). The summed E-state index contributed by atoms with van der Waals surface area (Å²) in [7, 11) is 0. The molecule has 1 radical (unpaired) electrons. The quantitative estimate of drug-likeness (QED) is 0.337. The van der Waals surface area contributed by atoms with E-state index in [4.69, 9.17) is 0 Å². The molecule has 57 valence electrons. The zero-order valence-corrected chi connectivity index (χ0v) is 12.5. The maximum atomic E-state index is 0. The van der Waals surface area contributed by atoms with Crippen LogP contribution in [0.1, 0.15) is 0 Å². The molecule has 0 saturated carbocycles. The van der Waals surface area contributed by atoms with Crippen LogP contribution in [0.3, 0.4) is 0 Å². The van der Waals surface area contributed by atoms with Crippen molar-refractivity contribution < 1.29 is 124 Å². The van der Waals surface area contributed by atoms with Crippen LogP contribution in [0.5, 0.6) is 0 Å². The van der Waals surface area contributed by atoms with Crippen molar-refractivity contribution in [2.45, 2.75) is 0 Å². The molecule has 0 aromatic carbocycles. The standard InChI is InChI=1S/6ClH.Ir.Na/h6*1H;;/q;;;;;;;+1/p-6. The molecule has 0 unspecified atom stereocenters. The molecule has 0 heterocycles. The molecule has 0 aromatic rings. The van der Waals surface area contributed by atoms with Crippen molar-refractivity contribution in [3.05, 3.63) is 0 Å². The molecule has 0 aliphatic rings. The first-order chi connectivity index (χ1) is 0. The van der Waals surface area contributed by atoms with E-state index >= 15 is 0 Å². The van der Waals surface area contributed by atoms with Crippen LogP contribution in [0, 0.1) is 0 Å². The Morgan fingerprint density at radius 2 is 0.375 bits per heavy atom. The first-order valence-corrected chi connectivity index (χ1v) is 0. The monoisotopic (exact) mass is 426 g/mol. The maximum absolute atomic E-state index is 0. The van der Waals surface area contributed by atoms with Gasteiger partial charge in [0, 0.05) is 20.1 Å². The van der Waals surface area contributed by atoms with Gasteiger partial charge in [0.15, 0.2) is 0 Å². The average Bonchev–Trinajstić information content (AvgIpc) is 0. The first-order valence-electron chi connectivity index (χ1n) is 0. The van der Waals surface area contributed by atoms with Gasteiger partial charge in [-0.1, -0.05) is 0 Å². The van der Waals surface area contributed by atoms with Crippen LogP contribution in [0.15, 0.2) is 0 Å². The summed E-state index contributed by atoms with van der Waals surface area (Å²) in [5.41, 5.74) is 0. The number of hydrogen-bond acceptors (Lipinski definition) is 0. The maximum Gasteiger partial charge on any atom is 1.00 e. The zero-order valence-electron chi connectivity index (χ0n) is 3.60. The number of rotatable bonds is 0.